The summed E-state index contributed by atoms with van der Waals surface area (Å²) in [5.41, 5.74) is 0.691. The van der Waals surface area contributed by atoms with Crippen molar-refractivity contribution in [3.63, 3.8) is 0 Å². The number of halogens is 1. The summed E-state index contributed by atoms with van der Waals surface area (Å²) in [5, 5.41) is 4.56. The first-order valence-corrected chi connectivity index (χ1v) is 8.85. The highest BCUT2D eigenvalue weighted by Gasteiger charge is 2.14. The first kappa shape index (κ1) is 18.9. The molecular weight excluding hydrogens is 343 g/mol. The van der Waals surface area contributed by atoms with Crippen molar-refractivity contribution in [2.45, 2.75) is 19.9 Å². The lowest BCUT2D eigenvalue weighted by Gasteiger charge is -2.21. The van der Waals surface area contributed by atoms with Gasteiger partial charge in [0.25, 0.3) is 5.91 Å². The van der Waals surface area contributed by atoms with Crippen LogP contribution < -0.4 is 10.1 Å². The van der Waals surface area contributed by atoms with E-state index in [0.717, 1.165) is 0 Å². The topological polar surface area (TPSA) is 58.6 Å². The van der Waals surface area contributed by atoms with Gasteiger partial charge in [0.15, 0.2) is 11.6 Å². The van der Waals surface area contributed by atoms with E-state index in [0.29, 0.717) is 23.5 Å². The fraction of sp³-hybridized carbons (Fsp3) is 0.333. The smallest absolute Gasteiger partial charge is 0.261 e. The predicted octanol–water partition coefficient (Wildman–Crippen LogP) is 3.06. The van der Waals surface area contributed by atoms with E-state index in [1.165, 1.54) is 24.5 Å². The van der Waals surface area contributed by atoms with Gasteiger partial charge in [-0.25, -0.2) is 4.39 Å². The number of carbonyl (C=O) groups excluding carboxylic acids is 2. The highest BCUT2D eigenvalue weighted by atomic mass is 32.1. The largest absolute Gasteiger partial charge is 0.494 e. The second-order valence-corrected chi connectivity index (χ2v) is 6.31. The summed E-state index contributed by atoms with van der Waals surface area (Å²) in [5.74, 6) is -0.547. The third-order valence-electron chi connectivity index (χ3n) is 3.69. The second kappa shape index (κ2) is 9.17. The fourth-order valence-electron chi connectivity index (χ4n) is 2.34. The van der Waals surface area contributed by atoms with Crippen molar-refractivity contribution in [2.24, 2.45) is 0 Å². The summed E-state index contributed by atoms with van der Waals surface area (Å²) >= 11 is 1.35. The van der Waals surface area contributed by atoms with Crippen LogP contribution in [0.25, 0.3) is 0 Å². The Morgan fingerprint density at radius 1 is 1.32 bits per heavy atom. The van der Waals surface area contributed by atoms with Gasteiger partial charge in [0.1, 0.15) is 0 Å². The molecule has 0 aliphatic heterocycles. The number of hydrogen-bond donors (Lipinski definition) is 1. The van der Waals surface area contributed by atoms with Crippen LogP contribution in [0.15, 0.2) is 35.7 Å². The number of carbonyl (C=O) groups is 2. The average Bonchev–Trinajstić information content (AvgIpc) is 3.14. The van der Waals surface area contributed by atoms with Gasteiger partial charge < -0.3 is 15.0 Å². The molecule has 0 aliphatic carbocycles. The van der Waals surface area contributed by atoms with Crippen molar-refractivity contribution < 1.29 is 18.7 Å². The molecule has 0 bridgehead atoms. The van der Waals surface area contributed by atoms with E-state index in [2.05, 4.69) is 5.32 Å². The molecule has 0 saturated carbocycles. The minimum Gasteiger partial charge on any atom is -0.494 e. The van der Waals surface area contributed by atoms with Crippen LogP contribution in [0.3, 0.4) is 0 Å². The highest BCUT2D eigenvalue weighted by Crippen LogP contribution is 2.19. The van der Waals surface area contributed by atoms with Crippen LogP contribution in [0.4, 0.5) is 4.39 Å². The van der Waals surface area contributed by atoms with Crippen LogP contribution in [-0.2, 0) is 11.3 Å². The van der Waals surface area contributed by atoms with Crippen LogP contribution in [0.5, 0.6) is 5.75 Å². The Morgan fingerprint density at radius 2 is 2.12 bits per heavy atom. The lowest BCUT2D eigenvalue weighted by molar-refractivity contribution is -0.131. The van der Waals surface area contributed by atoms with E-state index in [1.54, 1.807) is 29.2 Å². The van der Waals surface area contributed by atoms with Gasteiger partial charge in [-0.05, 0) is 36.1 Å². The molecule has 0 aliphatic rings. The van der Waals surface area contributed by atoms with Gasteiger partial charge in [0.05, 0.1) is 12.0 Å². The summed E-state index contributed by atoms with van der Waals surface area (Å²) < 4.78 is 18.6. The minimum absolute atomic E-state index is 0.0924. The molecule has 0 radical (unpaired) electrons. The molecule has 0 saturated heterocycles. The molecule has 0 unspecified atom stereocenters. The summed E-state index contributed by atoms with van der Waals surface area (Å²) in [6.07, 6.45) is 0.198. The molecule has 0 atom stereocenters. The first-order chi connectivity index (χ1) is 12.0. The zero-order valence-electron chi connectivity index (χ0n) is 14.3. The van der Waals surface area contributed by atoms with Crippen LogP contribution in [0.2, 0.25) is 0 Å². The lowest BCUT2D eigenvalue weighted by Crippen LogP contribution is -2.34. The minimum atomic E-state index is -0.452. The molecule has 2 aromatic rings. The van der Waals surface area contributed by atoms with E-state index < -0.39 is 5.82 Å². The standard InChI is InChI=1S/C18H21FN2O3S/c1-3-21(12-13-6-7-15(24-2)14(19)11-13)17(22)8-9-20-18(23)16-5-4-10-25-16/h4-7,10-11H,3,8-9,12H2,1-2H3,(H,20,23). The fourth-order valence-corrected chi connectivity index (χ4v) is 2.98. The van der Waals surface area contributed by atoms with Gasteiger partial charge in [-0.1, -0.05) is 12.1 Å². The number of benzene rings is 1. The van der Waals surface area contributed by atoms with Gasteiger partial charge in [-0.3, -0.25) is 9.59 Å². The van der Waals surface area contributed by atoms with E-state index >= 15 is 0 Å². The van der Waals surface area contributed by atoms with Crippen molar-refractivity contribution in [1.29, 1.82) is 0 Å². The van der Waals surface area contributed by atoms with E-state index in [4.69, 9.17) is 4.74 Å². The normalized spacial score (nSPS) is 10.4. The Labute approximate surface area is 150 Å². The molecule has 1 aromatic carbocycles. The van der Waals surface area contributed by atoms with Crippen molar-refractivity contribution >= 4 is 23.2 Å². The number of hydrogen-bond acceptors (Lipinski definition) is 4. The van der Waals surface area contributed by atoms with Crippen molar-refractivity contribution in [2.75, 3.05) is 20.2 Å². The Morgan fingerprint density at radius 3 is 2.72 bits per heavy atom. The van der Waals surface area contributed by atoms with Gasteiger partial charge in [-0.2, -0.15) is 0 Å². The van der Waals surface area contributed by atoms with Crippen molar-refractivity contribution in [3.05, 3.63) is 52.0 Å². The first-order valence-electron chi connectivity index (χ1n) is 7.97. The van der Waals surface area contributed by atoms with Crippen LogP contribution in [0.1, 0.15) is 28.6 Å². The Hall–Kier alpha value is -2.41. The van der Waals surface area contributed by atoms with E-state index in [1.807, 2.05) is 12.3 Å². The molecule has 134 valence electrons. The summed E-state index contributed by atoms with van der Waals surface area (Å²) in [6.45, 7) is 2.95. The average molecular weight is 364 g/mol. The van der Waals surface area contributed by atoms with Crippen LogP contribution >= 0.6 is 11.3 Å². The maximum atomic E-state index is 13.8. The molecule has 1 heterocycles. The van der Waals surface area contributed by atoms with Gasteiger partial charge in [0, 0.05) is 26.1 Å². The van der Waals surface area contributed by atoms with Gasteiger partial charge in [0.2, 0.25) is 5.91 Å². The molecule has 1 N–H and O–H groups in total. The zero-order chi connectivity index (χ0) is 18.2. The van der Waals surface area contributed by atoms with Crippen LogP contribution in [-0.4, -0.2) is 36.9 Å². The monoisotopic (exact) mass is 364 g/mol. The number of nitrogens with zero attached hydrogens (tertiary/aromatic N) is 1. The van der Waals surface area contributed by atoms with Crippen LogP contribution in [0, 0.1) is 5.82 Å². The number of amides is 2. The number of rotatable bonds is 8. The number of ether oxygens (including phenoxy) is 1. The quantitative estimate of drug-likeness (QED) is 0.783. The van der Waals surface area contributed by atoms with E-state index in [9.17, 15) is 14.0 Å². The summed E-state index contributed by atoms with van der Waals surface area (Å²) in [7, 11) is 1.41. The van der Waals surface area contributed by atoms with Crippen molar-refractivity contribution in [3.8, 4) is 5.75 Å². The summed E-state index contributed by atoms with van der Waals surface area (Å²) in [4.78, 5) is 26.4. The number of thiophene rings is 1. The maximum absolute atomic E-state index is 13.8. The molecule has 5 nitrogen and oxygen atoms in total. The maximum Gasteiger partial charge on any atom is 0.261 e. The lowest BCUT2D eigenvalue weighted by atomic mass is 10.2. The Balaban J connectivity index is 1.86. The highest BCUT2D eigenvalue weighted by molar-refractivity contribution is 7.12. The summed E-state index contributed by atoms with van der Waals surface area (Å²) in [6, 6.07) is 8.18. The molecule has 7 heteroatoms. The van der Waals surface area contributed by atoms with Gasteiger partial charge in [-0.15, -0.1) is 11.3 Å². The number of methoxy groups -OCH3 is 1. The zero-order valence-corrected chi connectivity index (χ0v) is 15.1. The second-order valence-electron chi connectivity index (χ2n) is 5.36. The van der Waals surface area contributed by atoms with Gasteiger partial charge >= 0.3 is 0 Å². The SMILES string of the molecule is CCN(Cc1ccc(OC)c(F)c1)C(=O)CCNC(=O)c1cccs1. The van der Waals surface area contributed by atoms with Crippen molar-refractivity contribution in [1.82, 2.24) is 10.2 Å². The Kier molecular flexibility index (Phi) is 6.94. The number of nitrogens with one attached hydrogen (secondary N) is 1. The molecule has 0 spiro atoms. The Bertz CT molecular complexity index is 719. The predicted molar refractivity (Wildman–Crippen MR) is 95.3 cm³/mol. The molecule has 0 fully saturated rings. The molecule has 25 heavy (non-hydrogen) atoms. The molecular formula is C18H21FN2O3S. The molecule has 1 aromatic heterocycles. The molecule has 2 rings (SSSR count). The van der Waals surface area contributed by atoms with E-state index in [-0.39, 0.29) is 30.5 Å². The third-order valence-corrected chi connectivity index (χ3v) is 4.56. The third kappa shape index (κ3) is 5.29. The molecule has 2 amide bonds.